The van der Waals surface area contributed by atoms with Crippen LogP contribution in [0.4, 0.5) is 0 Å². The molecule has 0 amide bonds. The summed E-state index contributed by atoms with van der Waals surface area (Å²) in [5, 5.41) is 4.46. The van der Waals surface area contributed by atoms with Crippen LogP contribution in [0.15, 0.2) is 66.9 Å². The molecule has 3 heterocycles. The molecule has 124 valence electrons. The lowest BCUT2D eigenvalue weighted by Gasteiger charge is -2.16. The van der Waals surface area contributed by atoms with Crippen LogP contribution in [0.2, 0.25) is 0 Å². The molecule has 1 aliphatic heterocycles. The Labute approximate surface area is 144 Å². The van der Waals surface area contributed by atoms with Crippen LogP contribution in [0.5, 0.6) is 0 Å². The Balaban J connectivity index is 1.54. The van der Waals surface area contributed by atoms with Crippen LogP contribution in [0.3, 0.4) is 0 Å². The molecule has 6 heteroatoms. The van der Waals surface area contributed by atoms with Crippen molar-refractivity contribution in [3.8, 4) is 5.69 Å². The van der Waals surface area contributed by atoms with Gasteiger partial charge in [-0.3, -0.25) is 5.43 Å². The smallest absolute Gasteiger partial charge is 0.181 e. The predicted molar refractivity (Wildman–Crippen MR) is 96.3 cm³/mol. The van der Waals surface area contributed by atoms with Crippen molar-refractivity contribution in [1.82, 2.24) is 30.6 Å². The van der Waals surface area contributed by atoms with Crippen molar-refractivity contribution in [3.05, 3.63) is 78.2 Å². The lowest BCUT2D eigenvalue weighted by Crippen LogP contribution is -2.24. The zero-order chi connectivity index (χ0) is 16.6. The molecule has 25 heavy (non-hydrogen) atoms. The van der Waals surface area contributed by atoms with Gasteiger partial charge in [-0.15, -0.1) is 0 Å². The van der Waals surface area contributed by atoms with Gasteiger partial charge in [-0.05, 0) is 17.7 Å². The van der Waals surface area contributed by atoms with Gasteiger partial charge in [0.15, 0.2) is 5.65 Å². The summed E-state index contributed by atoms with van der Waals surface area (Å²) in [6.07, 6.45) is 1.84. The first-order valence-electron chi connectivity index (χ1n) is 8.42. The van der Waals surface area contributed by atoms with E-state index < -0.39 is 0 Å². The molecule has 0 radical (unpaired) electrons. The Morgan fingerprint density at radius 3 is 2.52 bits per heavy atom. The highest BCUT2D eigenvalue weighted by atomic mass is 15.4. The fraction of sp³-hybridized carbons (Fsp3) is 0.158. The zero-order valence-corrected chi connectivity index (χ0v) is 13.6. The maximum Gasteiger partial charge on any atom is 0.181 e. The monoisotopic (exact) mass is 330 g/mol. The van der Waals surface area contributed by atoms with E-state index in [1.165, 1.54) is 5.56 Å². The quantitative estimate of drug-likeness (QED) is 0.540. The second-order valence-corrected chi connectivity index (χ2v) is 6.27. The number of nitrogens with one attached hydrogen (secondary N) is 3. The lowest BCUT2D eigenvalue weighted by atomic mass is 9.94. The van der Waals surface area contributed by atoms with Crippen molar-refractivity contribution in [2.75, 3.05) is 6.54 Å². The minimum absolute atomic E-state index is 0.189. The summed E-state index contributed by atoms with van der Waals surface area (Å²) in [4.78, 5) is 8.32. The minimum Gasteiger partial charge on any atom is -0.339 e. The van der Waals surface area contributed by atoms with Crippen molar-refractivity contribution in [1.29, 1.82) is 0 Å². The first kappa shape index (κ1) is 14.4. The summed E-state index contributed by atoms with van der Waals surface area (Å²) in [5.41, 5.74) is 10.7. The summed E-state index contributed by atoms with van der Waals surface area (Å²) < 4.78 is 1.88. The van der Waals surface area contributed by atoms with Crippen LogP contribution in [0.1, 0.15) is 23.3 Å². The van der Waals surface area contributed by atoms with Crippen LogP contribution in [-0.4, -0.2) is 26.3 Å². The molecule has 0 spiro atoms. The van der Waals surface area contributed by atoms with Crippen molar-refractivity contribution >= 4 is 11.2 Å². The molecule has 4 aromatic rings. The second-order valence-electron chi connectivity index (χ2n) is 6.27. The Morgan fingerprint density at radius 1 is 0.960 bits per heavy atom. The minimum atomic E-state index is 0.189. The highest BCUT2D eigenvalue weighted by Gasteiger charge is 2.32. The first-order valence-corrected chi connectivity index (χ1v) is 8.42. The van der Waals surface area contributed by atoms with Gasteiger partial charge in [0.1, 0.15) is 11.3 Å². The molecule has 0 bridgehead atoms. The van der Waals surface area contributed by atoms with Crippen LogP contribution in [0, 0.1) is 0 Å². The number of fused-ring (bicyclic) bond motifs is 1. The molecule has 1 fully saturated rings. The number of aromatic amines is 1. The fourth-order valence-corrected chi connectivity index (χ4v) is 3.48. The van der Waals surface area contributed by atoms with E-state index in [4.69, 9.17) is 4.98 Å². The number of H-pyrrole nitrogens is 1. The van der Waals surface area contributed by atoms with Gasteiger partial charge in [0.25, 0.3) is 0 Å². The van der Waals surface area contributed by atoms with E-state index >= 15 is 0 Å². The molecule has 2 unspecified atom stereocenters. The number of hydrazine groups is 1. The van der Waals surface area contributed by atoms with Crippen molar-refractivity contribution in [3.63, 3.8) is 0 Å². The molecule has 3 N–H and O–H groups in total. The Morgan fingerprint density at radius 2 is 1.72 bits per heavy atom. The molecule has 2 aromatic heterocycles. The van der Waals surface area contributed by atoms with E-state index in [1.54, 1.807) is 0 Å². The average Bonchev–Trinajstić information content (AvgIpc) is 3.38. The van der Waals surface area contributed by atoms with Gasteiger partial charge in [0.05, 0.1) is 23.8 Å². The van der Waals surface area contributed by atoms with Gasteiger partial charge < -0.3 is 4.98 Å². The number of aromatic nitrogens is 4. The van der Waals surface area contributed by atoms with Gasteiger partial charge in [0, 0.05) is 6.54 Å². The Kier molecular flexibility index (Phi) is 3.36. The molecular weight excluding hydrogens is 312 g/mol. The Hall–Kier alpha value is -2.96. The van der Waals surface area contributed by atoms with Crippen molar-refractivity contribution in [2.24, 2.45) is 0 Å². The highest BCUT2D eigenvalue weighted by Crippen LogP contribution is 2.32. The second kappa shape index (κ2) is 5.84. The molecule has 2 atom stereocenters. The summed E-state index contributed by atoms with van der Waals surface area (Å²) in [6, 6.07) is 20.7. The zero-order valence-electron chi connectivity index (χ0n) is 13.6. The van der Waals surface area contributed by atoms with Crippen LogP contribution < -0.4 is 10.9 Å². The molecular formula is C19H18N6. The number of hydrogen-bond donors (Lipinski definition) is 3. The maximum absolute atomic E-state index is 4.87. The summed E-state index contributed by atoms with van der Waals surface area (Å²) in [5.74, 6) is 1.21. The molecule has 2 aromatic carbocycles. The number of para-hydroxylation sites is 1. The van der Waals surface area contributed by atoms with E-state index in [0.717, 1.165) is 29.2 Å². The highest BCUT2D eigenvalue weighted by molar-refractivity contribution is 5.72. The van der Waals surface area contributed by atoms with E-state index in [-0.39, 0.29) is 12.0 Å². The fourth-order valence-electron chi connectivity index (χ4n) is 3.48. The van der Waals surface area contributed by atoms with Gasteiger partial charge in [-0.25, -0.2) is 15.1 Å². The Bertz CT molecular complexity index is 989. The van der Waals surface area contributed by atoms with Gasteiger partial charge in [-0.1, -0.05) is 48.5 Å². The van der Waals surface area contributed by atoms with Crippen molar-refractivity contribution in [2.45, 2.75) is 12.0 Å². The van der Waals surface area contributed by atoms with Crippen LogP contribution in [-0.2, 0) is 0 Å². The normalized spacial score (nSPS) is 20.3. The number of nitrogens with zero attached hydrogens (tertiary/aromatic N) is 3. The molecule has 5 rings (SSSR count). The van der Waals surface area contributed by atoms with E-state index in [1.807, 2.05) is 47.3 Å². The molecule has 6 nitrogen and oxygen atoms in total. The summed E-state index contributed by atoms with van der Waals surface area (Å²) >= 11 is 0. The van der Waals surface area contributed by atoms with Gasteiger partial charge in [-0.2, -0.15) is 5.10 Å². The molecule has 1 saturated heterocycles. The summed E-state index contributed by atoms with van der Waals surface area (Å²) in [7, 11) is 0. The maximum atomic E-state index is 4.87. The van der Waals surface area contributed by atoms with Crippen molar-refractivity contribution < 1.29 is 0 Å². The predicted octanol–water partition coefficient (Wildman–Crippen LogP) is 2.68. The van der Waals surface area contributed by atoms with E-state index in [2.05, 4.69) is 45.2 Å². The topological polar surface area (TPSA) is 70.6 Å². The largest absolute Gasteiger partial charge is 0.339 e. The third kappa shape index (κ3) is 2.43. The molecule has 0 saturated carbocycles. The first-order chi connectivity index (χ1) is 12.4. The lowest BCUT2D eigenvalue weighted by molar-refractivity contribution is 0.544. The van der Waals surface area contributed by atoms with Gasteiger partial charge >= 0.3 is 0 Å². The van der Waals surface area contributed by atoms with Gasteiger partial charge in [0.2, 0.25) is 0 Å². The third-order valence-corrected chi connectivity index (χ3v) is 4.73. The van der Waals surface area contributed by atoms with E-state index in [0.29, 0.717) is 0 Å². The molecule has 0 aliphatic carbocycles. The average molecular weight is 330 g/mol. The molecule has 1 aliphatic rings. The SMILES string of the molecule is c1ccc(C2NNCC2c2nc3c(cnn3-c3ccccc3)[nH]2)cc1. The number of rotatable bonds is 3. The van der Waals surface area contributed by atoms with E-state index in [9.17, 15) is 0 Å². The number of imidazole rings is 1. The third-order valence-electron chi connectivity index (χ3n) is 4.73. The number of hydrogen-bond acceptors (Lipinski definition) is 4. The summed E-state index contributed by atoms with van der Waals surface area (Å²) in [6.45, 7) is 0.828. The standard InChI is InChI=1S/C19H18N6/c1-3-7-13(8-4-1)17-15(11-20-24-17)18-22-16-12-21-25(19(16)23-18)14-9-5-2-6-10-14/h1-10,12,15,17,20,24H,11H2,(H,22,23). The number of benzene rings is 2. The van der Waals surface area contributed by atoms with Crippen LogP contribution in [0.25, 0.3) is 16.9 Å². The van der Waals surface area contributed by atoms with Crippen LogP contribution >= 0.6 is 0 Å².